The predicted molar refractivity (Wildman–Crippen MR) is 89.0 cm³/mol. The van der Waals surface area contributed by atoms with E-state index in [0.29, 0.717) is 11.8 Å². The van der Waals surface area contributed by atoms with E-state index in [1.54, 1.807) is 0 Å². The molecule has 0 saturated carbocycles. The fourth-order valence-corrected chi connectivity index (χ4v) is 5.01. The number of hydrogen-bond donors (Lipinski definition) is 0. The van der Waals surface area contributed by atoms with Gasteiger partial charge in [0.15, 0.2) is 0 Å². The molecule has 1 aromatic heterocycles. The second-order valence-electron chi connectivity index (χ2n) is 7.02. The van der Waals surface area contributed by atoms with Gasteiger partial charge in [0.25, 0.3) is 0 Å². The number of aryl methyl sites for hydroxylation is 1. The van der Waals surface area contributed by atoms with E-state index < -0.39 is 0 Å². The summed E-state index contributed by atoms with van der Waals surface area (Å²) < 4.78 is 8.86. The number of hydrogen-bond acceptors (Lipinski definition) is 1. The third-order valence-electron chi connectivity index (χ3n) is 5.87. The lowest BCUT2D eigenvalue weighted by Crippen LogP contribution is -2.26. The van der Waals surface area contributed by atoms with Crippen LogP contribution in [0.15, 0.2) is 60.8 Å². The highest BCUT2D eigenvalue weighted by Gasteiger charge is 2.56. The zero-order valence-electron chi connectivity index (χ0n) is 12.9. The first-order chi connectivity index (χ1) is 11.3. The predicted octanol–water partition coefficient (Wildman–Crippen LogP) is 4.79. The summed E-state index contributed by atoms with van der Waals surface area (Å²) in [6.07, 6.45) is 2.59. The Morgan fingerprint density at radius 2 is 1.61 bits per heavy atom. The number of benzene rings is 2. The summed E-state index contributed by atoms with van der Waals surface area (Å²) in [7, 11) is 0. The van der Waals surface area contributed by atoms with E-state index in [0.717, 1.165) is 0 Å². The maximum absolute atomic E-state index is 6.50. The van der Waals surface area contributed by atoms with E-state index in [9.17, 15) is 0 Å². The molecule has 6 rings (SSSR count). The summed E-state index contributed by atoms with van der Waals surface area (Å²) in [5.41, 5.74) is 8.28. The van der Waals surface area contributed by atoms with Gasteiger partial charge in [-0.3, -0.25) is 0 Å². The first-order valence-electron chi connectivity index (χ1n) is 8.35. The van der Waals surface area contributed by atoms with Crippen molar-refractivity contribution in [3.05, 3.63) is 88.7 Å². The normalized spacial score (nSPS) is 28.9. The zero-order chi connectivity index (χ0) is 15.1. The van der Waals surface area contributed by atoms with Gasteiger partial charge in [-0.15, -0.1) is 0 Å². The van der Waals surface area contributed by atoms with Gasteiger partial charge in [-0.2, -0.15) is 0 Å². The average Bonchev–Trinajstić information content (AvgIpc) is 3.28. The van der Waals surface area contributed by atoms with Gasteiger partial charge in [0, 0.05) is 29.4 Å². The van der Waals surface area contributed by atoms with E-state index in [4.69, 9.17) is 4.74 Å². The Morgan fingerprint density at radius 3 is 2.43 bits per heavy atom. The van der Waals surface area contributed by atoms with E-state index >= 15 is 0 Å². The van der Waals surface area contributed by atoms with Crippen molar-refractivity contribution in [2.24, 2.45) is 0 Å². The third-order valence-corrected chi connectivity index (χ3v) is 5.87. The van der Waals surface area contributed by atoms with Crippen LogP contribution in [0.3, 0.4) is 0 Å². The van der Waals surface area contributed by atoms with Gasteiger partial charge in [0.1, 0.15) is 0 Å². The van der Waals surface area contributed by atoms with Crippen molar-refractivity contribution in [2.75, 3.05) is 0 Å². The van der Waals surface area contributed by atoms with Gasteiger partial charge in [-0.1, -0.05) is 42.0 Å². The quantitative estimate of drug-likeness (QED) is 0.582. The molecule has 3 aromatic rings. The smallest absolute Gasteiger partial charge is 0.0927 e. The van der Waals surface area contributed by atoms with Gasteiger partial charge < -0.3 is 9.30 Å². The van der Waals surface area contributed by atoms with Crippen LogP contribution in [0.4, 0.5) is 0 Å². The third kappa shape index (κ3) is 1.34. The first-order valence-corrected chi connectivity index (χ1v) is 8.35. The van der Waals surface area contributed by atoms with Crippen molar-refractivity contribution < 1.29 is 4.74 Å². The highest BCUT2D eigenvalue weighted by Crippen LogP contribution is 2.66. The molecule has 2 bridgehead atoms. The molecular formula is C21H17NO. The molecule has 0 spiro atoms. The molecule has 1 fully saturated rings. The Morgan fingerprint density at radius 1 is 0.826 bits per heavy atom. The Bertz CT molecular complexity index is 954. The molecule has 4 heterocycles. The van der Waals surface area contributed by atoms with Crippen LogP contribution in [-0.4, -0.2) is 4.57 Å². The fraction of sp³-hybridized carbons (Fsp3) is 0.238. The minimum absolute atomic E-state index is 0.198. The van der Waals surface area contributed by atoms with E-state index in [2.05, 4.69) is 72.3 Å². The van der Waals surface area contributed by atoms with Crippen LogP contribution in [0.25, 0.3) is 5.69 Å². The zero-order valence-corrected chi connectivity index (χ0v) is 12.9. The van der Waals surface area contributed by atoms with Crippen LogP contribution in [0.1, 0.15) is 52.0 Å². The number of ether oxygens (including phenoxy) is 1. The molecule has 3 aliphatic heterocycles. The van der Waals surface area contributed by atoms with Crippen LogP contribution >= 0.6 is 0 Å². The van der Waals surface area contributed by atoms with Gasteiger partial charge in [0.05, 0.1) is 12.2 Å². The van der Waals surface area contributed by atoms with E-state index in [1.807, 2.05) is 0 Å². The average molecular weight is 299 g/mol. The van der Waals surface area contributed by atoms with Crippen molar-refractivity contribution in [1.29, 1.82) is 0 Å². The number of rotatable bonds is 0. The molecule has 2 aromatic carbocycles. The standard InChI is InChI=1S/C21H17NO/c1-12-8-9-16-15(11-12)18-19(17-7-4-10-22(16)17)21-14-6-3-2-5-13(14)20(18)23-21/h2-11,18-21H,1H3. The molecule has 0 radical (unpaired) electrons. The molecule has 0 aliphatic carbocycles. The monoisotopic (exact) mass is 299 g/mol. The number of aromatic nitrogens is 1. The van der Waals surface area contributed by atoms with Crippen molar-refractivity contribution in [3.8, 4) is 5.69 Å². The summed E-state index contributed by atoms with van der Waals surface area (Å²) >= 11 is 0. The Kier molecular flexibility index (Phi) is 2.09. The van der Waals surface area contributed by atoms with E-state index in [-0.39, 0.29) is 12.2 Å². The molecule has 0 amide bonds. The lowest BCUT2D eigenvalue weighted by Gasteiger charge is -2.36. The molecule has 2 heteroatoms. The van der Waals surface area contributed by atoms with Gasteiger partial charge in [0.2, 0.25) is 0 Å². The summed E-state index contributed by atoms with van der Waals surface area (Å²) in [6.45, 7) is 2.18. The molecule has 2 nitrogen and oxygen atoms in total. The molecule has 1 saturated heterocycles. The SMILES string of the molecule is Cc1ccc2c(c1)C1C3OC(c4ccccc43)C1c1cccn1-2. The second-order valence-corrected chi connectivity index (χ2v) is 7.02. The van der Waals surface area contributed by atoms with Crippen LogP contribution < -0.4 is 0 Å². The molecule has 3 aliphatic rings. The Balaban J connectivity index is 1.67. The molecule has 112 valence electrons. The van der Waals surface area contributed by atoms with E-state index in [1.165, 1.54) is 33.6 Å². The number of nitrogens with zero attached hydrogens (tertiary/aromatic N) is 1. The van der Waals surface area contributed by atoms with Gasteiger partial charge in [-0.25, -0.2) is 0 Å². The van der Waals surface area contributed by atoms with Crippen molar-refractivity contribution >= 4 is 0 Å². The second kappa shape index (κ2) is 3.95. The number of fused-ring (bicyclic) bond motifs is 13. The highest BCUT2D eigenvalue weighted by atomic mass is 16.5. The minimum atomic E-state index is 0.198. The summed E-state index contributed by atoms with van der Waals surface area (Å²) in [6, 6.07) is 20.1. The molecule has 0 N–H and O–H groups in total. The molecule has 4 atom stereocenters. The first kappa shape index (κ1) is 12.1. The van der Waals surface area contributed by atoms with Gasteiger partial charge in [-0.05, 0) is 41.8 Å². The van der Waals surface area contributed by atoms with Crippen LogP contribution in [0.5, 0.6) is 0 Å². The lowest BCUT2D eigenvalue weighted by molar-refractivity contribution is 0.0642. The van der Waals surface area contributed by atoms with Crippen LogP contribution in [0.2, 0.25) is 0 Å². The largest absolute Gasteiger partial charge is 0.364 e. The lowest BCUT2D eigenvalue weighted by atomic mass is 9.69. The maximum Gasteiger partial charge on any atom is 0.0927 e. The Labute approximate surface area is 135 Å². The van der Waals surface area contributed by atoms with Crippen LogP contribution in [-0.2, 0) is 4.74 Å². The Hall–Kier alpha value is -2.32. The molecule has 23 heavy (non-hydrogen) atoms. The fourth-order valence-electron chi connectivity index (χ4n) is 5.01. The highest BCUT2D eigenvalue weighted by molar-refractivity contribution is 5.57. The van der Waals surface area contributed by atoms with Crippen molar-refractivity contribution in [1.82, 2.24) is 4.57 Å². The van der Waals surface area contributed by atoms with Crippen molar-refractivity contribution in [2.45, 2.75) is 31.0 Å². The molecular weight excluding hydrogens is 282 g/mol. The summed E-state index contributed by atoms with van der Waals surface area (Å²) in [5.74, 6) is 0.867. The van der Waals surface area contributed by atoms with Crippen molar-refractivity contribution in [3.63, 3.8) is 0 Å². The molecule has 4 unspecified atom stereocenters. The van der Waals surface area contributed by atoms with Gasteiger partial charge >= 0.3 is 0 Å². The minimum Gasteiger partial charge on any atom is -0.364 e. The maximum atomic E-state index is 6.50. The van der Waals surface area contributed by atoms with Crippen LogP contribution in [0, 0.1) is 6.92 Å². The summed E-state index contributed by atoms with van der Waals surface area (Å²) in [5, 5.41) is 0. The topological polar surface area (TPSA) is 14.2 Å². The summed E-state index contributed by atoms with van der Waals surface area (Å²) in [4.78, 5) is 0.